The smallest absolute Gasteiger partial charge is 0.130 e. The molecule has 0 N–H and O–H groups in total. The van der Waals surface area contributed by atoms with Gasteiger partial charge in [0, 0.05) is 11.6 Å². The molecule has 0 aliphatic heterocycles. The predicted octanol–water partition coefficient (Wildman–Crippen LogP) is 6.61. The Bertz CT molecular complexity index is 868. The summed E-state index contributed by atoms with van der Waals surface area (Å²) < 4.78 is 12.3. The van der Waals surface area contributed by atoms with Gasteiger partial charge in [0.1, 0.15) is 24.7 Å². The van der Waals surface area contributed by atoms with Crippen molar-refractivity contribution in [3.63, 3.8) is 0 Å². The molecule has 0 unspecified atom stereocenters. The standard InChI is InChI=1S/C25H26O2/c1-4-22-15-23(19(2)3)25(27-18-21-13-9-6-10-14-21)16-24(22)26-17-20-11-7-5-8-12-20/h4-16,19H,1,17-18H2,2-3H3. The highest BCUT2D eigenvalue weighted by atomic mass is 16.5. The lowest BCUT2D eigenvalue weighted by Gasteiger charge is -2.18. The van der Waals surface area contributed by atoms with Crippen LogP contribution < -0.4 is 9.47 Å². The fourth-order valence-corrected chi connectivity index (χ4v) is 2.93. The lowest BCUT2D eigenvalue weighted by molar-refractivity contribution is 0.287. The summed E-state index contributed by atoms with van der Waals surface area (Å²) in [7, 11) is 0. The van der Waals surface area contributed by atoms with E-state index in [4.69, 9.17) is 9.47 Å². The van der Waals surface area contributed by atoms with Gasteiger partial charge < -0.3 is 9.47 Å². The van der Waals surface area contributed by atoms with E-state index in [2.05, 4.69) is 50.8 Å². The first-order chi connectivity index (χ1) is 13.2. The van der Waals surface area contributed by atoms with E-state index in [0.29, 0.717) is 19.1 Å². The quantitative estimate of drug-likeness (QED) is 0.451. The highest BCUT2D eigenvalue weighted by Crippen LogP contribution is 2.35. The van der Waals surface area contributed by atoms with Crippen LogP contribution in [0.2, 0.25) is 0 Å². The van der Waals surface area contributed by atoms with E-state index in [9.17, 15) is 0 Å². The van der Waals surface area contributed by atoms with Gasteiger partial charge in [-0.15, -0.1) is 0 Å². The first kappa shape index (κ1) is 18.8. The Morgan fingerprint density at radius 2 is 1.30 bits per heavy atom. The molecule has 2 heteroatoms. The molecule has 3 aromatic carbocycles. The molecule has 0 aliphatic rings. The van der Waals surface area contributed by atoms with Crippen LogP contribution in [0.1, 0.15) is 42.0 Å². The fourth-order valence-electron chi connectivity index (χ4n) is 2.93. The first-order valence-corrected chi connectivity index (χ1v) is 9.31. The van der Waals surface area contributed by atoms with Gasteiger partial charge in [0.25, 0.3) is 0 Å². The van der Waals surface area contributed by atoms with E-state index in [1.165, 1.54) is 0 Å². The van der Waals surface area contributed by atoms with Crippen molar-refractivity contribution < 1.29 is 9.47 Å². The van der Waals surface area contributed by atoms with Crippen LogP contribution in [0.3, 0.4) is 0 Å². The number of ether oxygens (including phenoxy) is 2. The number of benzene rings is 3. The minimum Gasteiger partial charge on any atom is -0.488 e. The zero-order valence-electron chi connectivity index (χ0n) is 16.0. The molecule has 0 aromatic heterocycles. The lowest BCUT2D eigenvalue weighted by atomic mass is 9.98. The summed E-state index contributed by atoms with van der Waals surface area (Å²) in [5, 5.41) is 0. The van der Waals surface area contributed by atoms with Crippen LogP contribution in [0.25, 0.3) is 6.08 Å². The normalized spacial score (nSPS) is 10.6. The zero-order chi connectivity index (χ0) is 19.1. The van der Waals surface area contributed by atoms with Crippen molar-refractivity contribution in [3.05, 3.63) is 102 Å². The monoisotopic (exact) mass is 358 g/mol. The molecule has 0 saturated heterocycles. The van der Waals surface area contributed by atoms with Crippen molar-refractivity contribution in [2.45, 2.75) is 33.0 Å². The Balaban J connectivity index is 1.84. The first-order valence-electron chi connectivity index (χ1n) is 9.31. The second kappa shape index (κ2) is 9.09. The van der Waals surface area contributed by atoms with Gasteiger partial charge >= 0.3 is 0 Å². The van der Waals surface area contributed by atoms with Crippen LogP contribution >= 0.6 is 0 Å². The van der Waals surface area contributed by atoms with Gasteiger partial charge in [-0.05, 0) is 28.7 Å². The van der Waals surface area contributed by atoms with Crippen LogP contribution in [0.5, 0.6) is 11.5 Å². The maximum atomic E-state index is 6.16. The minimum atomic E-state index is 0.345. The molecule has 3 aromatic rings. The molecule has 0 radical (unpaired) electrons. The molecule has 0 bridgehead atoms. The van der Waals surface area contributed by atoms with Gasteiger partial charge in [-0.3, -0.25) is 0 Å². The van der Waals surface area contributed by atoms with Crippen LogP contribution in [0.15, 0.2) is 79.4 Å². The fraction of sp³-hybridized carbons (Fsp3) is 0.200. The van der Waals surface area contributed by atoms with E-state index in [0.717, 1.165) is 33.8 Å². The van der Waals surface area contributed by atoms with Crippen molar-refractivity contribution in [2.75, 3.05) is 0 Å². The molecule has 0 amide bonds. The largest absolute Gasteiger partial charge is 0.488 e. The molecular weight excluding hydrogens is 332 g/mol. The van der Waals surface area contributed by atoms with Crippen molar-refractivity contribution >= 4 is 6.08 Å². The summed E-state index contributed by atoms with van der Waals surface area (Å²) in [6.07, 6.45) is 1.84. The molecule has 0 aliphatic carbocycles. The highest BCUT2D eigenvalue weighted by Gasteiger charge is 2.14. The molecule has 0 fully saturated rings. The van der Waals surface area contributed by atoms with Crippen molar-refractivity contribution in [1.82, 2.24) is 0 Å². The topological polar surface area (TPSA) is 18.5 Å². The third-order valence-electron chi connectivity index (χ3n) is 4.46. The van der Waals surface area contributed by atoms with Crippen LogP contribution in [0, 0.1) is 0 Å². The second-order valence-electron chi connectivity index (χ2n) is 6.84. The number of rotatable bonds is 8. The number of hydrogen-bond donors (Lipinski definition) is 0. The molecule has 27 heavy (non-hydrogen) atoms. The van der Waals surface area contributed by atoms with Crippen LogP contribution in [-0.2, 0) is 13.2 Å². The predicted molar refractivity (Wildman–Crippen MR) is 112 cm³/mol. The van der Waals surface area contributed by atoms with Crippen LogP contribution in [0.4, 0.5) is 0 Å². The molecule has 138 valence electrons. The van der Waals surface area contributed by atoms with E-state index in [-0.39, 0.29) is 0 Å². The van der Waals surface area contributed by atoms with Gasteiger partial charge in [0.2, 0.25) is 0 Å². The van der Waals surface area contributed by atoms with Crippen molar-refractivity contribution in [1.29, 1.82) is 0 Å². The Labute approximate surface area is 162 Å². The van der Waals surface area contributed by atoms with E-state index >= 15 is 0 Å². The molecule has 2 nitrogen and oxygen atoms in total. The Morgan fingerprint density at radius 1 is 0.778 bits per heavy atom. The molecule has 0 saturated carbocycles. The minimum absolute atomic E-state index is 0.345. The van der Waals surface area contributed by atoms with Gasteiger partial charge in [0.05, 0.1) is 0 Å². The van der Waals surface area contributed by atoms with Gasteiger partial charge in [-0.2, -0.15) is 0 Å². The maximum absolute atomic E-state index is 6.16. The highest BCUT2D eigenvalue weighted by molar-refractivity contribution is 5.61. The van der Waals surface area contributed by atoms with Crippen LogP contribution in [-0.4, -0.2) is 0 Å². The third kappa shape index (κ3) is 5.01. The summed E-state index contributed by atoms with van der Waals surface area (Å²) in [6, 6.07) is 24.5. The molecule has 0 spiro atoms. The second-order valence-corrected chi connectivity index (χ2v) is 6.84. The SMILES string of the molecule is C=Cc1cc(C(C)C)c(OCc2ccccc2)cc1OCc1ccccc1. The maximum Gasteiger partial charge on any atom is 0.130 e. The Hall–Kier alpha value is -3.00. The Morgan fingerprint density at radius 3 is 1.78 bits per heavy atom. The summed E-state index contributed by atoms with van der Waals surface area (Å²) in [5.74, 6) is 2.00. The van der Waals surface area contributed by atoms with E-state index in [1.54, 1.807) is 0 Å². The molecule has 3 rings (SSSR count). The molecule has 0 heterocycles. The lowest BCUT2D eigenvalue weighted by Crippen LogP contribution is -2.03. The van der Waals surface area contributed by atoms with Gasteiger partial charge in [-0.25, -0.2) is 0 Å². The summed E-state index contributed by atoms with van der Waals surface area (Å²) in [6.45, 7) is 9.34. The van der Waals surface area contributed by atoms with Gasteiger partial charge in [-0.1, -0.05) is 87.2 Å². The van der Waals surface area contributed by atoms with E-state index < -0.39 is 0 Å². The Kier molecular flexibility index (Phi) is 6.32. The number of hydrogen-bond acceptors (Lipinski definition) is 2. The average Bonchev–Trinajstić information content (AvgIpc) is 2.71. The molecule has 0 atom stereocenters. The van der Waals surface area contributed by atoms with Crippen molar-refractivity contribution in [3.8, 4) is 11.5 Å². The molecular formula is C25H26O2. The zero-order valence-corrected chi connectivity index (χ0v) is 16.0. The van der Waals surface area contributed by atoms with Gasteiger partial charge in [0.15, 0.2) is 0 Å². The van der Waals surface area contributed by atoms with Crippen molar-refractivity contribution in [2.24, 2.45) is 0 Å². The van der Waals surface area contributed by atoms with E-state index in [1.807, 2.05) is 48.5 Å². The summed E-state index contributed by atoms with van der Waals surface area (Å²) >= 11 is 0. The average molecular weight is 358 g/mol. The third-order valence-corrected chi connectivity index (χ3v) is 4.46. The summed E-state index contributed by atoms with van der Waals surface area (Å²) in [5.41, 5.74) is 4.42. The summed E-state index contributed by atoms with van der Waals surface area (Å²) in [4.78, 5) is 0.